The molecule has 1 N–H and O–H groups in total. The van der Waals surface area contributed by atoms with Gasteiger partial charge in [0.25, 0.3) is 0 Å². The number of rotatable bonds is 11. The maximum Gasteiger partial charge on any atom is 0.341 e. The number of carbonyl (C=O) groups is 2. The molecule has 0 saturated heterocycles. The molecule has 25 heavy (non-hydrogen) atoms. The van der Waals surface area contributed by atoms with Gasteiger partial charge in [-0.15, -0.1) is 11.3 Å². The predicted octanol–water partition coefficient (Wildman–Crippen LogP) is 6.01. The highest BCUT2D eigenvalue weighted by Crippen LogP contribution is 2.33. The van der Waals surface area contributed by atoms with Crippen LogP contribution in [0.3, 0.4) is 0 Å². The fourth-order valence-electron chi connectivity index (χ4n) is 2.67. The third-order valence-electron chi connectivity index (χ3n) is 4.19. The standard InChI is InChI=1S/C20H33NO3S/c1-6-7-8-9-10-11-12-13-17(22)21-19-18(15(4)16(5)25-19)20(23)24-14(2)3/h14H,6-13H2,1-5H3,(H,21,22). The van der Waals surface area contributed by atoms with Crippen LogP contribution in [-0.4, -0.2) is 18.0 Å². The van der Waals surface area contributed by atoms with E-state index in [0.717, 1.165) is 23.3 Å². The third kappa shape index (κ3) is 7.59. The largest absolute Gasteiger partial charge is 0.459 e. The smallest absolute Gasteiger partial charge is 0.341 e. The molecule has 0 atom stereocenters. The maximum atomic E-state index is 12.3. The Morgan fingerprint density at radius 2 is 1.64 bits per heavy atom. The molecule has 0 aliphatic rings. The van der Waals surface area contributed by atoms with E-state index in [2.05, 4.69) is 12.2 Å². The number of aryl methyl sites for hydroxylation is 1. The first-order valence-electron chi connectivity index (χ1n) is 9.47. The summed E-state index contributed by atoms with van der Waals surface area (Å²) >= 11 is 1.44. The van der Waals surface area contributed by atoms with Crippen LogP contribution in [0.2, 0.25) is 0 Å². The average Bonchev–Trinajstić information content (AvgIpc) is 2.80. The van der Waals surface area contributed by atoms with Crippen molar-refractivity contribution in [3.8, 4) is 0 Å². The molecule has 1 aromatic rings. The molecule has 1 rings (SSSR count). The second-order valence-electron chi connectivity index (χ2n) is 6.86. The van der Waals surface area contributed by atoms with Crippen molar-refractivity contribution in [1.82, 2.24) is 0 Å². The highest BCUT2D eigenvalue weighted by molar-refractivity contribution is 7.16. The number of esters is 1. The van der Waals surface area contributed by atoms with Crippen LogP contribution in [0.5, 0.6) is 0 Å². The van der Waals surface area contributed by atoms with Gasteiger partial charge in [-0.3, -0.25) is 4.79 Å². The fraction of sp³-hybridized carbons (Fsp3) is 0.700. The number of thiophene rings is 1. The van der Waals surface area contributed by atoms with Gasteiger partial charge in [0, 0.05) is 11.3 Å². The summed E-state index contributed by atoms with van der Waals surface area (Å²) in [4.78, 5) is 25.5. The van der Waals surface area contributed by atoms with Crippen LogP contribution in [0, 0.1) is 13.8 Å². The molecule has 0 radical (unpaired) electrons. The van der Waals surface area contributed by atoms with E-state index >= 15 is 0 Å². The molecule has 4 nitrogen and oxygen atoms in total. The Balaban J connectivity index is 2.51. The van der Waals surface area contributed by atoms with Crippen molar-refractivity contribution in [3.05, 3.63) is 16.0 Å². The Morgan fingerprint density at radius 1 is 1.04 bits per heavy atom. The Bertz CT molecular complexity index is 564. The fourth-order valence-corrected chi connectivity index (χ4v) is 3.73. The number of unbranched alkanes of at least 4 members (excludes halogenated alkanes) is 6. The minimum absolute atomic E-state index is 0.0200. The Labute approximate surface area is 156 Å². The molecule has 1 aromatic heterocycles. The second kappa shape index (κ2) is 11.3. The van der Waals surface area contributed by atoms with Crippen LogP contribution in [-0.2, 0) is 9.53 Å². The normalized spacial score (nSPS) is 11.0. The molecule has 5 heteroatoms. The number of amides is 1. The van der Waals surface area contributed by atoms with Crippen LogP contribution in [0.15, 0.2) is 0 Å². The Kier molecular flexibility index (Phi) is 9.79. The molecule has 0 aliphatic heterocycles. The van der Waals surface area contributed by atoms with Crippen molar-refractivity contribution in [2.24, 2.45) is 0 Å². The first-order chi connectivity index (χ1) is 11.9. The summed E-state index contributed by atoms with van der Waals surface area (Å²) in [6.07, 6.45) is 8.59. The van der Waals surface area contributed by atoms with E-state index in [1.165, 1.54) is 43.4 Å². The lowest BCUT2D eigenvalue weighted by atomic mass is 10.1. The van der Waals surface area contributed by atoms with Gasteiger partial charge in [0.1, 0.15) is 5.00 Å². The lowest BCUT2D eigenvalue weighted by Gasteiger charge is -2.10. The summed E-state index contributed by atoms with van der Waals surface area (Å²) in [5.41, 5.74) is 1.39. The summed E-state index contributed by atoms with van der Waals surface area (Å²) in [5.74, 6) is -0.378. The topological polar surface area (TPSA) is 55.4 Å². The first kappa shape index (κ1) is 21.7. The highest BCUT2D eigenvalue weighted by atomic mass is 32.1. The molecule has 0 bridgehead atoms. The number of ether oxygens (including phenoxy) is 1. The van der Waals surface area contributed by atoms with Gasteiger partial charge in [-0.2, -0.15) is 0 Å². The number of carbonyl (C=O) groups excluding carboxylic acids is 2. The lowest BCUT2D eigenvalue weighted by Crippen LogP contribution is -2.16. The predicted molar refractivity (Wildman–Crippen MR) is 106 cm³/mol. The molecular formula is C20H33NO3S. The molecule has 0 spiro atoms. The van der Waals surface area contributed by atoms with E-state index in [9.17, 15) is 9.59 Å². The van der Waals surface area contributed by atoms with Gasteiger partial charge in [-0.05, 0) is 39.7 Å². The second-order valence-corrected chi connectivity index (χ2v) is 8.09. The summed E-state index contributed by atoms with van der Waals surface area (Å²) < 4.78 is 5.31. The highest BCUT2D eigenvalue weighted by Gasteiger charge is 2.22. The van der Waals surface area contributed by atoms with Crippen molar-refractivity contribution in [2.45, 2.75) is 92.1 Å². The Morgan fingerprint density at radius 3 is 2.24 bits per heavy atom. The van der Waals surface area contributed by atoms with Gasteiger partial charge in [-0.25, -0.2) is 4.79 Å². The van der Waals surface area contributed by atoms with Gasteiger partial charge >= 0.3 is 5.97 Å². The molecule has 0 saturated carbocycles. The number of anilines is 1. The zero-order valence-corrected chi connectivity index (χ0v) is 17.2. The van der Waals surface area contributed by atoms with E-state index < -0.39 is 0 Å². The van der Waals surface area contributed by atoms with Gasteiger partial charge in [0.2, 0.25) is 5.91 Å². The van der Waals surface area contributed by atoms with Crippen LogP contribution in [0.25, 0.3) is 0 Å². The summed E-state index contributed by atoms with van der Waals surface area (Å²) in [6.45, 7) is 9.72. The van der Waals surface area contributed by atoms with Gasteiger partial charge in [-0.1, -0.05) is 45.4 Å². The Hall–Kier alpha value is -1.36. The SMILES string of the molecule is CCCCCCCCCC(=O)Nc1sc(C)c(C)c1C(=O)OC(C)C. The van der Waals surface area contributed by atoms with Crippen LogP contribution < -0.4 is 5.32 Å². The molecule has 0 fully saturated rings. The summed E-state index contributed by atoms with van der Waals surface area (Å²) in [5, 5.41) is 3.54. The molecule has 1 amide bonds. The van der Waals surface area contributed by atoms with E-state index in [4.69, 9.17) is 4.74 Å². The molecular weight excluding hydrogens is 334 g/mol. The average molecular weight is 368 g/mol. The zero-order chi connectivity index (χ0) is 18.8. The molecule has 0 aromatic carbocycles. The van der Waals surface area contributed by atoms with E-state index in [1.807, 2.05) is 27.7 Å². The maximum absolute atomic E-state index is 12.3. The number of hydrogen-bond acceptors (Lipinski definition) is 4. The summed E-state index contributed by atoms with van der Waals surface area (Å²) in [6, 6.07) is 0. The summed E-state index contributed by atoms with van der Waals surface area (Å²) in [7, 11) is 0. The van der Waals surface area contributed by atoms with Gasteiger partial charge in [0.05, 0.1) is 11.7 Å². The monoisotopic (exact) mass is 367 g/mol. The quantitative estimate of drug-likeness (QED) is 0.385. The van der Waals surface area contributed by atoms with Crippen molar-refractivity contribution in [1.29, 1.82) is 0 Å². The minimum Gasteiger partial charge on any atom is -0.459 e. The lowest BCUT2D eigenvalue weighted by molar-refractivity contribution is -0.116. The van der Waals surface area contributed by atoms with Crippen molar-refractivity contribution < 1.29 is 14.3 Å². The van der Waals surface area contributed by atoms with Crippen LogP contribution in [0.1, 0.15) is 92.9 Å². The molecule has 142 valence electrons. The van der Waals surface area contributed by atoms with E-state index in [0.29, 0.717) is 17.0 Å². The van der Waals surface area contributed by atoms with E-state index in [1.54, 1.807) is 0 Å². The van der Waals surface area contributed by atoms with Gasteiger partial charge < -0.3 is 10.1 Å². The first-order valence-corrected chi connectivity index (χ1v) is 10.3. The van der Waals surface area contributed by atoms with Crippen molar-refractivity contribution >= 4 is 28.2 Å². The number of nitrogens with one attached hydrogen (secondary N) is 1. The molecule has 1 heterocycles. The molecule has 0 unspecified atom stereocenters. The minimum atomic E-state index is -0.358. The van der Waals surface area contributed by atoms with Crippen LogP contribution >= 0.6 is 11.3 Å². The van der Waals surface area contributed by atoms with Crippen molar-refractivity contribution in [2.75, 3.05) is 5.32 Å². The van der Waals surface area contributed by atoms with Crippen molar-refractivity contribution in [3.63, 3.8) is 0 Å². The third-order valence-corrected chi connectivity index (χ3v) is 5.32. The number of hydrogen-bond donors (Lipinski definition) is 1. The van der Waals surface area contributed by atoms with Crippen LogP contribution in [0.4, 0.5) is 5.00 Å². The van der Waals surface area contributed by atoms with Gasteiger partial charge in [0.15, 0.2) is 0 Å². The van der Waals surface area contributed by atoms with E-state index in [-0.39, 0.29) is 18.0 Å². The zero-order valence-electron chi connectivity index (χ0n) is 16.4. The molecule has 0 aliphatic carbocycles.